The maximum Gasteiger partial charge on any atom is 0.263 e. The van der Waals surface area contributed by atoms with E-state index in [1.54, 1.807) is 23.0 Å². The third kappa shape index (κ3) is 4.45. The number of nitrogens with zero attached hydrogens (tertiary/aromatic N) is 5. The second-order valence-corrected chi connectivity index (χ2v) is 8.82. The fourth-order valence-corrected chi connectivity index (χ4v) is 4.78. The van der Waals surface area contributed by atoms with Gasteiger partial charge in [0.25, 0.3) is 5.56 Å². The summed E-state index contributed by atoms with van der Waals surface area (Å²) in [4.78, 5) is 41.2. The van der Waals surface area contributed by atoms with Crippen LogP contribution in [-0.2, 0) is 0 Å². The Morgan fingerprint density at radius 3 is 2.70 bits per heavy atom. The van der Waals surface area contributed by atoms with Gasteiger partial charge in [0, 0.05) is 37.3 Å². The Morgan fingerprint density at radius 2 is 1.94 bits per heavy atom. The van der Waals surface area contributed by atoms with Crippen LogP contribution < -0.4 is 21.1 Å². The summed E-state index contributed by atoms with van der Waals surface area (Å²) < 4.78 is 1.71. The number of pyridine rings is 2. The zero-order chi connectivity index (χ0) is 22.8. The van der Waals surface area contributed by atoms with E-state index in [1.165, 1.54) is 6.92 Å². The monoisotopic (exact) mass is 447 g/mol. The van der Waals surface area contributed by atoms with E-state index >= 15 is 0 Å². The molecule has 1 aliphatic carbocycles. The highest BCUT2D eigenvalue weighted by molar-refractivity contribution is 5.96. The van der Waals surface area contributed by atoms with Crippen molar-refractivity contribution in [1.29, 1.82) is 0 Å². The van der Waals surface area contributed by atoms with Crippen molar-refractivity contribution in [3.05, 3.63) is 46.5 Å². The lowest BCUT2D eigenvalue weighted by Gasteiger charge is -2.21. The van der Waals surface area contributed by atoms with Gasteiger partial charge in [-0.3, -0.25) is 14.2 Å². The summed E-state index contributed by atoms with van der Waals surface area (Å²) in [6.07, 6.45) is 8.54. The van der Waals surface area contributed by atoms with Crippen molar-refractivity contribution in [3.8, 4) is 0 Å². The summed E-state index contributed by atoms with van der Waals surface area (Å²) in [5.41, 5.74) is 1.28. The Kier molecular flexibility index (Phi) is 6.04. The third-order valence-corrected chi connectivity index (χ3v) is 6.51. The number of rotatable bonds is 5. The van der Waals surface area contributed by atoms with E-state index in [-0.39, 0.29) is 22.9 Å². The molecule has 9 nitrogen and oxygen atoms in total. The molecule has 0 amide bonds. The van der Waals surface area contributed by atoms with Gasteiger partial charge < -0.3 is 15.5 Å². The molecule has 0 aromatic carbocycles. The number of carbonyl (C=O) groups excluding carboxylic acids is 1. The number of hydrogen-bond acceptors (Lipinski definition) is 8. The quantitative estimate of drug-likeness (QED) is 0.575. The first-order valence-corrected chi connectivity index (χ1v) is 11.7. The second kappa shape index (κ2) is 9.27. The van der Waals surface area contributed by atoms with Crippen LogP contribution in [0.25, 0.3) is 11.0 Å². The zero-order valence-electron chi connectivity index (χ0n) is 18.9. The van der Waals surface area contributed by atoms with Crippen LogP contribution in [0.3, 0.4) is 0 Å². The fraction of sp³-hybridized carbons (Fsp3) is 0.458. The molecule has 4 heterocycles. The fourth-order valence-electron chi connectivity index (χ4n) is 4.78. The summed E-state index contributed by atoms with van der Waals surface area (Å²) in [6, 6.07) is 5.65. The molecule has 1 saturated heterocycles. The minimum absolute atomic E-state index is 0.0612. The highest BCUT2D eigenvalue weighted by Crippen LogP contribution is 2.31. The molecule has 5 rings (SSSR count). The molecule has 1 saturated carbocycles. The standard InChI is InChI=1S/C24H29N7O2/c1-16(32)20-13-17-14-27-24(29-22(17)31(23(20)33)19-5-2-3-6-19)28-18-7-8-21(26-15-18)30-11-4-9-25-10-12-30/h7-8,13-15,19,25H,2-6,9-12H2,1H3,(H,27,28,29). The van der Waals surface area contributed by atoms with Gasteiger partial charge in [0.1, 0.15) is 11.5 Å². The highest BCUT2D eigenvalue weighted by Gasteiger charge is 2.23. The normalized spacial score (nSPS) is 17.3. The van der Waals surface area contributed by atoms with Crippen molar-refractivity contribution < 1.29 is 4.79 Å². The van der Waals surface area contributed by atoms with Gasteiger partial charge in [0.15, 0.2) is 5.78 Å². The second-order valence-electron chi connectivity index (χ2n) is 8.82. The Balaban J connectivity index is 1.45. The highest BCUT2D eigenvalue weighted by atomic mass is 16.1. The average Bonchev–Trinajstić information content (AvgIpc) is 3.20. The molecular weight excluding hydrogens is 418 g/mol. The van der Waals surface area contributed by atoms with Gasteiger partial charge in [-0.15, -0.1) is 0 Å². The van der Waals surface area contributed by atoms with Crippen molar-refractivity contribution in [1.82, 2.24) is 24.8 Å². The van der Waals surface area contributed by atoms with E-state index in [1.807, 2.05) is 12.1 Å². The average molecular weight is 448 g/mol. The molecule has 172 valence electrons. The first-order chi connectivity index (χ1) is 16.1. The predicted octanol–water partition coefficient (Wildman–Crippen LogP) is 3.05. The van der Waals surface area contributed by atoms with Crippen LogP contribution in [0.15, 0.2) is 35.4 Å². The van der Waals surface area contributed by atoms with Gasteiger partial charge in [-0.1, -0.05) is 12.8 Å². The largest absolute Gasteiger partial charge is 0.355 e. The SMILES string of the molecule is CC(=O)c1cc2cnc(Nc3ccc(N4CCCNCC4)nc3)nc2n(C2CCCC2)c1=O. The lowest BCUT2D eigenvalue weighted by Crippen LogP contribution is -2.29. The zero-order valence-corrected chi connectivity index (χ0v) is 18.9. The summed E-state index contributed by atoms with van der Waals surface area (Å²) in [5, 5.41) is 7.31. The van der Waals surface area contributed by atoms with Crippen LogP contribution in [0, 0.1) is 0 Å². The number of carbonyl (C=O) groups is 1. The summed E-state index contributed by atoms with van der Waals surface area (Å²) in [6.45, 7) is 5.35. The Bertz CT molecular complexity index is 1210. The maximum atomic E-state index is 13.1. The van der Waals surface area contributed by atoms with Crippen molar-refractivity contribution in [2.24, 2.45) is 0 Å². The number of aromatic nitrogens is 4. The summed E-state index contributed by atoms with van der Waals surface area (Å²) >= 11 is 0. The minimum Gasteiger partial charge on any atom is -0.355 e. The van der Waals surface area contributed by atoms with Crippen molar-refractivity contribution in [2.45, 2.75) is 45.1 Å². The van der Waals surface area contributed by atoms with E-state index in [2.05, 4.69) is 30.5 Å². The topological polar surface area (TPSA) is 105 Å². The molecule has 3 aromatic heterocycles. The number of ketones is 1. The molecule has 0 bridgehead atoms. The minimum atomic E-state index is -0.260. The molecule has 0 unspecified atom stereocenters. The van der Waals surface area contributed by atoms with Gasteiger partial charge in [0.2, 0.25) is 5.95 Å². The Morgan fingerprint density at radius 1 is 1.09 bits per heavy atom. The Hall–Kier alpha value is -3.33. The first-order valence-electron chi connectivity index (χ1n) is 11.7. The molecular formula is C24H29N7O2. The molecule has 0 radical (unpaired) electrons. The van der Waals surface area contributed by atoms with Crippen LogP contribution in [0.4, 0.5) is 17.5 Å². The van der Waals surface area contributed by atoms with E-state index in [4.69, 9.17) is 0 Å². The summed E-state index contributed by atoms with van der Waals surface area (Å²) in [5.74, 6) is 1.12. The van der Waals surface area contributed by atoms with Crippen LogP contribution in [-0.4, -0.2) is 51.5 Å². The smallest absolute Gasteiger partial charge is 0.263 e. The molecule has 0 atom stereocenters. The van der Waals surface area contributed by atoms with Gasteiger partial charge in [-0.05, 0) is 50.9 Å². The predicted molar refractivity (Wildman–Crippen MR) is 129 cm³/mol. The van der Waals surface area contributed by atoms with Gasteiger partial charge in [0.05, 0.1) is 17.4 Å². The molecule has 2 N–H and O–H groups in total. The van der Waals surface area contributed by atoms with Crippen LogP contribution >= 0.6 is 0 Å². The van der Waals surface area contributed by atoms with E-state index < -0.39 is 0 Å². The van der Waals surface area contributed by atoms with E-state index in [0.717, 1.165) is 69.8 Å². The lowest BCUT2D eigenvalue weighted by molar-refractivity contribution is 0.101. The first kappa shape index (κ1) is 21.5. The molecule has 33 heavy (non-hydrogen) atoms. The number of anilines is 3. The van der Waals surface area contributed by atoms with Crippen LogP contribution in [0.2, 0.25) is 0 Å². The van der Waals surface area contributed by atoms with Crippen LogP contribution in [0.1, 0.15) is 55.4 Å². The molecule has 0 spiro atoms. The van der Waals surface area contributed by atoms with Crippen molar-refractivity contribution in [2.75, 3.05) is 36.4 Å². The van der Waals surface area contributed by atoms with E-state index in [9.17, 15) is 9.59 Å². The third-order valence-electron chi connectivity index (χ3n) is 6.51. The number of hydrogen-bond donors (Lipinski definition) is 2. The molecule has 9 heteroatoms. The molecule has 2 fully saturated rings. The lowest BCUT2D eigenvalue weighted by atomic mass is 10.1. The molecule has 2 aliphatic rings. The van der Waals surface area contributed by atoms with Gasteiger partial charge in [-0.25, -0.2) is 9.97 Å². The maximum absolute atomic E-state index is 13.1. The van der Waals surface area contributed by atoms with E-state index in [0.29, 0.717) is 17.0 Å². The number of Topliss-reactive ketones (excluding diaryl/α,β-unsaturated/α-hetero) is 1. The summed E-state index contributed by atoms with van der Waals surface area (Å²) in [7, 11) is 0. The number of fused-ring (bicyclic) bond motifs is 1. The van der Waals surface area contributed by atoms with Gasteiger partial charge in [-0.2, -0.15) is 4.98 Å². The number of nitrogens with one attached hydrogen (secondary N) is 2. The van der Waals surface area contributed by atoms with Gasteiger partial charge >= 0.3 is 0 Å². The van der Waals surface area contributed by atoms with Crippen molar-refractivity contribution >= 4 is 34.3 Å². The molecule has 1 aliphatic heterocycles. The van der Waals surface area contributed by atoms with Crippen LogP contribution in [0.5, 0.6) is 0 Å². The Labute approximate surface area is 192 Å². The molecule has 3 aromatic rings. The van der Waals surface area contributed by atoms with Crippen molar-refractivity contribution in [3.63, 3.8) is 0 Å².